The Morgan fingerprint density at radius 3 is 1.77 bits per heavy atom. The van der Waals surface area contributed by atoms with E-state index >= 15 is 0 Å². The Balaban J connectivity index is 2.66. The number of hydrogen-bond acceptors (Lipinski definition) is 10. The van der Waals surface area contributed by atoms with Crippen LogP contribution in [0, 0.1) is 0 Å². The highest BCUT2D eigenvalue weighted by Crippen LogP contribution is 2.15. The number of β-amino-alcohol motifs (C(OH)–C–C–N with tert-alkyl or cyclic N) is 3. The van der Waals surface area contributed by atoms with E-state index in [0.717, 1.165) is 0 Å². The fraction of sp³-hybridized carbons (Fsp3) is 0.917. The van der Waals surface area contributed by atoms with Gasteiger partial charge in [0.05, 0.1) is 18.3 Å². The predicted molar refractivity (Wildman–Crippen MR) is 70.6 cm³/mol. The summed E-state index contributed by atoms with van der Waals surface area (Å²) >= 11 is 0. The lowest BCUT2D eigenvalue weighted by atomic mass is 10.0. The molecule has 0 aliphatic carbocycles. The molecule has 10 heteroatoms. The number of likely N-dealkylation sites (tertiary alicyclic amines) is 1. The van der Waals surface area contributed by atoms with Gasteiger partial charge in [-0.25, -0.2) is 0 Å². The molecule has 1 saturated heterocycles. The van der Waals surface area contributed by atoms with Crippen LogP contribution in [0.1, 0.15) is 0 Å². The third-order valence-corrected chi connectivity index (χ3v) is 3.71. The quantitative estimate of drug-likeness (QED) is 0.219. The first kappa shape index (κ1) is 19.4. The Bertz CT molecular complexity index is 341. The fourth-order valence-corrected chi connectivity index (χ4v) is 2.31. The number of nitrogens with zero attached hydrogens (tertiary/aromatic N) is 1. The maximum atomic E-state index is 10.3. The zero-order valence-corrected chi connectivity index (χ0v) is 11.8. The SMILES string of the molecule is O=C[C@H](O)[C@@H](O)[C@H](O)[C@H](O)CN1C[C@@H](O)[C@@H](O)[C@H](O)[C@H](O)C1. The van der Waals surface area contributed by atoms with Gasteiger partial charge < -0.3 is 45.6 Å². The lowest BCUT2D eigenvalue weighted by molar-refractivity contribution is -0.135. The van der Waals surface area contributed by atoms with Gasteiger partial charge in [-0.05, 0) is 0 Å². The molecule has 1 fully saturated rings. The van der Waals surface area contributed by atoms with Gasteiger partial charge >= 0.3 is 0 Å². The van der Waals surface area contributed by atoms with Crippen LogP contribution in [0.15, 0.2) is 0 Å². The number of carbonyl (C=O) groups excluding carboxylic acids is 1. The summed E-state index contributed by atoms with van der Waals surface area (Å²) < 4.78 is 0. The van der Waals surface area contributed by atoms with Crippen molar-refractivity contribution in [2.45, 2.75) is 48.8 Å². The number of hydrogen-bond donors (Lipinski definition) is 8. The van der Waals surface area contributed by atoms with E-state index in [4.69, 9.17) is 5.11 Å². The molecule has 0 saturated carbocycles. The van der Waals surface area contributed by atoms with Crippen LogP contribution < -0.4 is 0 Å². The molecule has 0 bridgehead atoms. The van der Waals surface area contributed by atoms with E-state index in [1.54, 1.807) is 0 Å². The highest BCUT2D eigenvalue weighted by molar-refractivity contribution is 5.56. The predicted octanol–water partition coefficient (Wildman–Crippen LogP) is -5.61. The number of aldehydes is 1. The molecule has 1 heterocycles. The van der Waals surface area contributed by atoms with Gasteiger partial charge in [-0.1, -0.05) is 0 Å². The lowest BCUT2D eigenvalue weighted by Gasteiger charge is -2.30. The van der Waals surface area contributed by atoms with Crippen LogP contribution in [0.2, 0.25) is 0 Å². The molecule has 0 aromatic rings. The zero-order valence-electron chi connectivity index (χ0n) is 11.8. The highest BCUT2D eigenvalue weighted by atomic mass is 16.4. The summed E-state index contributed by atoms with van der Waals surface area (Å²) in [7, 11) is 0. The second-order valence-electron chi connectivity index (χ2n) is 5.51. The zero-order chi connectivity index (χ0) is 17.0. The molecule has 1 rings (SSSR count). The molecule has 0 aromatic carbocycles. The number of carbonyl (C=O) groups is 1. The summed E-state index contributed by atoms with van der Waals surface area (Å²) in [4.78, 5) is 11.6. The van der Waals surface area contributed by atoms with Crippen LogP contribution in [-0.4, -0.2) is 121 Å². The van der Waals surface area contributed by atoms with Crippen molar-refractivity contribution in [3.8, 4) is 0 Å². The van der Waals surface area contributed by atoms with Crippen LogP contribution in [0.4, 0.5) is 0 Å². The van der Waals surface area contributed by atoms with Gasteiger partial charge in [0.1, 0.15) is 30.5 Å². The van der Waals surface area contributed by atoms with E-state index in [2.05, 4.69) is 0 Å². The molecule has 0 radical (unpaired) electrons. The maximum Gasteiger partial charge on any atom is 0.151 e. The standard InChI is InChI=1S/C12H23NO9/c14-4-8(18)12(22)11(21)7(17)3-13-1-5(15)9(19)10(20)6(16)2-13/h4-12,15-22H,1-3H2/t5-,6-,7-,8+,9-,10-,11-,12-/m1/s1. The average molecular weight is 325 g/mol. The first-order valence-electron chi connectivity index (χ1n) is 6.81. The number of rotatable bonds is 6. The number of aliphatic hydroxyl groups excluding tert-OH is 8. The molecule has 0 amide bonds. The Kier molecular flexibility index (Phi) is 7.25. The third kappa shape index (κ3) is 4.65. The van der Waals surface area contributed by atoms with Crippen LogP contribution in [0.5, 0.6) is 0 Å². The highest BCUT2D eigenvalue weighted by Gasteiger charge is 2.38. The fourth-order valence-electron chi connectivity index (χ4n) is 2.31. The maximum absolute atomic E-state index is 10.3. The summed E-state index contributed by atoms with van der Waals surface area (Å²) in [5, 5.41) is 76.4. The van der Waals surface area contributed by atoms with Gasteiger partial charge in [-0.2, -0.15) is 0 Å². The molecule has 22 heavy (non-hydrogen) atoms. The lowest BCUT2D eigenvalue weighted by Crippen LogP contribution is -2.50. The van der Waals surface area contributed by atoms with Gasteiger partial charge in [0.2, 0.25) is 0 Å². The topological polar surface area (TPSA) is 182 Å². The summed E-state index contributed by atoms with van der Waals surface area (Å²) in [6.45, 7) is -0.742. The molecule has 8 N–H and O–H groups in total. The van der Waals surface area contributed by atoms with E-state index in [-0.39, 0.29) is 25.9 Å². The minimum Gasteiger partial charge on any atom is -0.389 e. The summed E-state index contributed by atoms with van der Waals surface area (Å²) in [5.74, 6) is 0. The van der Waals surface area contributed by atoms with Crippen molar-refractivity contribution in [2.75, 3.05) is 19.6 Å². The van der Waals surface area contributed by atoms with Gasteiger partial charge in [0, 0.05) is 19.6 Å². The van der Waals surface area contributed by atoms with Crippen LogP contribution >= 0.6 is 0 Å². The molecule has 1 aliphatic heterocycles. The summed E-state index contributed by atoms with van der Waals surface area (Å²) in [5.41, 5.74) is 0. The second kappa shape index (κ2) is 8.24. The van der Waals surface area contributed by atoms with E-state index in [0.29, 0.717) is 0 Å². The molecule has 1 aliphatic rings. The van der Waals surface area contributed by atoms with Crippen molar-refractivity contribution < 1.29 is 45.6 Å². The Morgan fingerprint density at radius 2 is 1.36 bits per heavy atom. The van der Waals surface area contributed by atoms with E-state index in [1.165, 1.54) is 4.90 Å². The van der Waals surface area contributed by atoms with Crippen molar-refractivity contribution in [3.63, 3.8) is 0 Å². The largest absolute Gasteiger partial charge is 0.389 e. The summed E-state index contributed by atoms with van der Waals surface area (Å²) in [6, 6.07) is 0. The second-order valence-corrected chi connectivity index (χ2v) is 5.51. The van der Waals surface area contributed by atoms with Crippen molar-refractivity contribution >= 4 is 6.29 Å². The Morgan fingerprint density at radius 1 is 0.909 bits per heavy atom. The van der Waals surface area contributed by atoms with E-state index in [9.17, 15) is 40.5 Å². The Hall–Kier alpha value is -0.690. The smallest absolute Gasteiger partial charge is 0.151 e. The van der Waals surface area contributed by atoms with Crippen LogP contribution in [0.3, 0.4) is 0 Å². The molecule has 8 atom stereocenters. The molecule has 10 nitrogen and oxygen atoms in total. The minimum absolute atomic E-state index is 0.00671. The molecular formula is C12H23NO9. The number of aliphatic hydroxyl groups is 8. The summed E-state index contributed by atoms with van der Waals surface area (Å²) in [6.07, 6.45) is -13.1. The molecule has 0 aromatic heterocycles. The van der Waals surface area contributed by atoms with E-state index in [1.807, 2.05) is 0 Å². The molecule has 0 unspecified atom stereocenters. The van der Waals surface area contributed by atoms with E-state index < -0.39 is 48.8 Å². The van der Waals surface area contributed by atoms with Crippen molar-refractivity contribution in [2.24, 2.45) is 0 Å². The monoisotopic (exact) mass is 325 g/mol. The first-order chi connectivity index (χ1) is 10.2. The van der Waals surface area contributed by atoms with Gasteiger partial charge in [-0.15, -0.1) is 0 Å². The van der Waals surface area contributed by atoms with Crippen molar-refractivity contribution in [3.05, 3.63) is 0 Å². The van der Waals surface area contributed by atoms with Gasteiger partial charge in [0.25, 0.3) is 0 Å². The van der Waals surface area contributed by atoms with Crippen molar-refractivity contribution in [1.82, 2.24) is 4.90 Å². The molecule has 130 valence electrons. The minimum atomic E-state index is -1.90. The van der Waals surface area contributed by atoms with Gasteiger partial charge in [-0.3, -0.25) is 4.90 Å². The van der Waals surface area contributed by atoms with Gasteiger partial charge in [0.15, 0.2) is 6.29 Å². The van der Waals surface area contributed by atoms with Crippen molar-refractivity contribution in [1.29, 1.82) is 0 Å². The normalized spacial score (nSPS) is 36.2. The van der Waals surface area contributed by atoms with Crippen LogP contribution in [-0.2, 0) is 4.79 Å². The average Bonchev–Trinajstić information content (AvgIpc) is 2.57. The Labute approximate surface area is 126 Å². The third-order valence-electron chi connectivity index (χ3n) is 3.71. The molecular weight excluding hydrogens is 302 g/mol. The first-order valence-corrected chi connectivity index (χ1v) is 6.81. The van der Waals surface area contributed by atoms with Crippen LogP contribution in [0.25, 0.3) is 0 Å². The molecule has 0 spiro atoms.